The number of hydrogen-bond donors (Lipinski definition) is 1. The Morgan fingerprint density at radius 3 is 2.44 bits per heavy atom. The third-order valence-electron chi connectivity index (χ3n) is 6.91. The Kier molecular flexibility index (Phi) is 7.31. The zero-order chi connectivity index (χ0) is 24.5. The summed E-state index contributed by atoms with van der Waals surface area (Å²) in [6.07, 6.45) is 4.15. The molecule has 0 bridgehead atoms. The maximum absolute atomic E-state index is 13.7. The highest BCUT2D eigenvalue weighted by Crippen LogP contribution is 2.38. The Balaban J connectivity index is 1.49. The zero-order valence-corrected chi connectivity index (χ0v) is 21.0. The van der Waals surface area contributed by atoms with Gasteiger partial charge in [-0.1, -0.05) is 46.6 Å². The summed E-state index contributed by atoms with van der Waals surface area (Å²) in [6, 6.07) is 12.0. The number of carbonyl (C=O) groups excluding carboxylic acids is 1. The summed E-state index contributed by atoms with van der Waals surface area (Å²) in [5, 5.41) is 8.04. The number of amides is 1. The smallest absolute Gasteiger partial charge is 0.257 e. The van der Waals surface area contributed by atoms with Crippen LogP contribution in [0.1, 0.15) is 47.4 Å². The first-order valence-corrected chi connectivity index (χ1v) is 12.1. The van der Waals surface area contributed by atoms with E-state index in [0.29, 0.717) is 32.6 Å². The first-order chi connectivity index (χ1) is 16.2. The number of benzene rings is 2. The highest BCUT2D eigenvalue weighted by Gasteiger charge is 2.38. The van der Waals surface area contributed by atoms with Gasteiger partial charge in [0, 0.05) is 17.1 Å². The lowest BCUT2D eigenvalue weighted by atomic mass is 9.74. The number of nitrogens with zero attached hydrogens (tertiary/aromatic N) is 2. The summed E-state index contributed by atoms with van der Waals surface area (Å²) in [6.45, 7) is 1.70. The second-order valence-corrected chi connectivity index (χ2v) is 10.0. The number of hydrogen-bond acceptors (Lipinski definition) is 4. The minimum atomic E-state index is -0.253. The second kappa shape index (κ2) is 10.1. The van der Waals surface area contributed by atoms with E-state index in [1.54, 1.807) is 37.3 Å². The molecule has 1 amide bonds. The number of nitrogens with one attached hydrogen (secondary N) is 1. The van der Waals surface area contributed by atoms with Gasteiger partial charge in [-0.25, -0.2) is 4.39 Å². The van der Waals surface area contributed by atoms with E-state index in [9.17, 15) is 9.18 Å². The molecule has 34 heavy (non-hydrogen) atoms. The molecule has 1 saturated carbocycles. The van der Waals surface area contributed by atoms with Crippen LogP contribution in [0, 0.1) is 12.7 Å². The van der Waals surface area contributed by atoms with E-state index in [0.717, 1.165) is 37.7 Å². The van der Waals surface area contributed by atoms with Crippen LogP contribution in [0.4, 0.5) is 4.39 Å². The van der Waals surface area contributed by atoms with Gasteiger partial charge < -0.3 is 14.7 Å². The fourth-order valence-corrected chi connectivity index (χ4v) is 5.48. The van der Waals surface area contributed by atoms with Crippen molar-refractivity contribution in [2.75, 3.05) is 14.1 Å². The predicted octanol–water partition coefficient (Wildman–Crippen LogP) is 6.31. The van der Waals surface area contributed by atoms with Gasteiger partial charge in [-0.2, -0.15) is 0 Å². The molecule has 0 aliphatic heterocycles. The molecule has 0 unspecified atom stereocenters. The predicted molar refractivity (Wildman–Crippen MR) is 133 cm³/mol. The summed E-state index contributed by atoms with van der Waals surface area (Å²) in [4.78, 5) is 15.5. The normalized spacial score (nSPS) is 20.5. The lowest BCUT2D eigenvalue weighted by Gasteiger charge is -2.45. The van der Waals surface area contributed by atoms with E-state index in [-0.39, 0.29) is 23.3 Å². The molecule has 1 fully saturated rings. The van der Waals surface area contributed by atoms with Gasteiger partial charge in [0.15, 0.2) is 0 Å². The van der Waals surface area contributed by atoms with E-state index in [1.807, 2.05) is 6.07 Å². The Labute approximate surface area is 209 Å². The Bertz CT molecular complexity index is 1170. The van der Waals surface area contributed by atoms with Crippen molar-refractivity contribution in [3.05, 3.63) is 75.2 Å². The molecule has 8 heteroatoms. The number of aromatic nitrogens is 1. The summed E-state index contributed by atoms with van der Waals surface area (Å²) >= 11 is 12.7. The molecule has 2 aromatic carbocycles. The SMILES string of the molecule is Cc1onc(-c2c(Cl)cccc2Cl)c1C(=O)NC1CCC(Cc2cccc(F)c2)(N(C)C)CC1. The standard InChI is InChI=1S/C26H28Cl2FN3O2/c1-16-22(24(31-34-16)23-20(27)8-5-9-21(23)28)25(33)30-19-10-12-26(13-11-19,32(2)3)15-17-6-4-7-18(29)14-17/h4-9,14,19H,10-13,15H2,1-3H3,(H,30,33). The van der Waals surface area contributed by atoms with Crippen LogP contribution in [-0.4, -0.2) is 41.6 Å². The van der Waals surface area contributed by atoms with Crippen molar-refractivity contribution in [1.29, 1.82) is 0 Å². The van der Waals surface area contributed by atoms with Crippen LogP contribution in [0.3, 0.4) is 0 Å². The molecular weight excluding hydrogens is 476 g/mol. The van der Waals surface area contributed by atoms with Gasteiger partial charge in [0.2, 0.25) is 0 Å². The lowest BCUT2D eigenvalue weighted by molar-refractivity contribution is 0.0768. The Hall–Kier alpha value is -2.41. The molecule has 0 atom stereocenters. The Morgan fingerprint density at radius 1 is 1.18 bits per heavy atom. The van der Waals surface area contributed by atoms with E-state index < -0.39 is 0 Å². The van der Waals surface area contributed by atoms with Crippen LogP contribution in [0.25, 0.3) is 11.3 Å². The van der Waals surface area contributed by atoms with Crippen LogP contribution in [-0.2, 0) is 6.42 Å². The molecule has 180 valence electrons. The van der Waals surface area contributed by atoms with Crippen molar-refractivity contribution >= 4 is 29.1 Å². The molecular formula is C26H28Cl2FN3O2. The molecule has 1 aromatic heterocycles. The molecule has 3 aromatic rings. The molecule has 0 spiro atoms. The van der Waals surface area contributed by atoms with Gasteiger partial charge >= 0.3 is 0 Å². The van der Waals surface area contributed by atoms with Gasteiger partial charge in [-0.05, 0) is 83.0 Å². The van der Waals surface area contributed by atoms with Gasteiger partial charge in [0.1, 0.15) is 22.8 Å². The van der Waals surface area contributed by atoms with Crippen molar-refractivity contribution in [2.45, 2.75) is 50.6 Å². The van der Waals surface area contributed by atoms with Crippen LogP contribution in [0.2, 0.25) is 10.0 Å². The van der Waals surface area contributed by atoms with E-state index in [4.69, 9.17) is 27.7 Å². The van der Waals surface area contributed by atoms with Gasteiger partial charge in [-0.15, -0.1) is 0 Å². The van der Waals surface area contributed by atoms with Crippen LogP contribution in [0.15, 0.2) is 47.0 Å². The maximum atomic E-state index is 13.7. The quantitative estimate of drug-likeness (QED) is 0.428. The monoisotopic (exact) mass is 503 g/mol. The second-order valence-electron chi connectivity index (χ2n) is 9.23. The summed E-state index contributed by atoms with van der Waals surface area (Å²) in [7, 11) is 4.14. The van der Waals surface area contributed by atoms with Gasteiger partial charge in [0.05, 0.1) is 10.0 Å². The number of aryl methyl sites for hydroxylation is 1. The topological polar surface area (TPSA) is 58.4 Å². The molecule has 5 nitrogen and oxygen atoms in total. The minimum absolute atomic E-state index is 0.0111. The number of carbonyl (C=O) groups is 1. The largest absolute Gasteiger partial charge is 0.360 e. The van der Waals surface area contributed by atoms with Crippen molar-refractivity contribution in [1.82, 2.24) is 15.4 Å². The highest BCUT2D eigenvalue weighted by molar-refractivity contribution is 6.39. The summed E-state index contributed by atoms with van der Waals surface area (Å²) in [5.41, 5.74) is 2.07. The fourth-order valence-electron chi connectivity index (χ4n) is 4.90. The van der Waals surface area contributed by atoms with Crippen LogP contribution in [0.5, 0.6) is 0 Å². The van der Waals surface area contributed by atoms with Crippen molar-refractivity contribution < 1.29 is 13.7 Å². The van der Waals surface area contributed by atoms with E-state index in [2.05, 4.69) is 29.5 Å². The summed E-state index contributed by atoms with van der Waals surface area (Å²) < 4.78 is 19.1. The third kappa shape index (κ3) is 4.99. The van der Waals surface area contributed by atoms with Crippen molar-refractivity contribution in [2.24, 2.45) is 0 Å². The van der Waals surface area contributed by atoms with Crippen LogP contribution >= 0.6 is 23.2 Å². The molecule has 0 radical (unpaired) electrons. The minimum Gasteiger partial charge on any atom is -0.360 e. The fraction of sp³-hybridized carbons (Fsp3) is 0.385. The Morgan fingerprint density at radius 2 is 1.82 bits per heavy atom. The molecule has 1 N–H and O–H groups in total. The maximum Gasteiger partial charge on any atom is 0.257 e. The molecule has 4 rings (SSSR count). The first kappa shape index (κ1) is 24.7. The summed E-state index contributed by atoms with van der Waals surface area (Å²) in [5.74, 6) is -0.0591. The average molecular weight is 504 g/mol. The highest BCUT2D eigenvalue weighted by atomic mass is 35.5. The first-order valence-electron chi connectivity index (χ1n) is 11.3. The van der Waals surface area contributed by atoms with Crippen molar-refractivity contribution in [3.63, 3.8) is 0 Å². The molecule has 1 heterocycles. The third-order valence-corrected chi connectivity index (χ3v) is 7.54. The average Bonchev–Trinajstić information content (AvgIpc) is 3.16. The zero-order valence-electron chi connectivity index (χ0n) is 19.5. The number of likely N-dealkylation sites (N-methyl/N-ethyl adjacent to an activating group) is 1. The van der Waals surface area contributed by atoms with Gasteiger partial charge in [-0.3, -0.25) is 4.79 Å². The van der Waals surface area contributed by atoms with E-state index in [1.165, 1.54) is 6.07 Å². The molecule has 1 aliphatic carbocycles. The van der Waals surface area contributed by atoms with Gasteiger partial charge in [0.25, 0.3) is 5.91 Å². The number of halogens is 3. The van der Waals surface area contributed by atoms with Crippen molar-refractivity contribution in [3.8, 4) is 11.3 Å². The van der Waals surface area contributed by atoms with Crippen LogP contribution < -0.4 is 5.32 Å². The molecule has 0 saturated heterocycles. The molecule has 1 aliphatic rings. The number of rotatable bonds is 6. The van der Waals surface area contributed by atoms with E-state index >= 15 is 0 Å². The lowest BCUT2D eigenvalue weighted by Crippen LogP contribution is -2.52.